The van der Waals surface area contributed by atoms with Crippen LogP contribution >= 0.6 is 23.1 Å². The van der Waals surface area contributed by atoms with Gasteiger partial charge in [-0.3, -0.25) is 4.79 Å². The monoisotopic (exact) mass is 372 g/mol. The van der Waals surface area contributed by atoms with Crippen LogP contribution in [-0.4, -0.2) is 39.0 Å². The summed E-state index contributed by atoms with van der Waals surface area (Å²) in [6, 6.07) is 11.0. The van der Waals surface area contributed by atoms with Gasteiger partial charge in [0.2, 0.25) is 11.1 Å². The van der Waals surface area contributed by atoms with E-state index < -0.39 is 0 Å². The van der Waals surface area contributed by atoms with E-state index in [1.807, 2.05) is 18.2 Å². The molecule has 1 aromatic carbocycles. The predicted octanol–water partition coefficient (Wildman–Crippen LogP) is 2.33. The highest BCUT2D eigenvalue weighted by Gasteiger charge is 2.13. The quantitative estimate of drug-likeness (QED) is 0.662. The minimum Gasteiger partial charge on any atom is -0.497 e. The van der Waals surface area contributed by atoms with Crippen LogP contribution in [0, 0.1) is 11.3 Å². The second-order valence-electron chi connectivity index (χ2n) is 4.68. The van der Waals surface area contributed by atoms with Gasteiger partial charge in [0.05, 0.1) is 24.1 Å². The van der Waals surface area contributed by atoms with Crippen LogP contribution in [0.1, 0.15) is 5.56 Å². The summed E-state index contributed by atoms with van der Waals surface area (Å²) in [6.07, 6.45) is 0. The molecule has 0 saturated heterocycles. The lowest BCUT2D eigenvalue weighted by atomic mass is 10.3. The van der Waals surface area contributed by atoms with Crippen molar-refractivity contribution in [2.45, 2.75) is 5.16 Å². The van der Waals surface area contributed by atoms with Gasteiger partial charge in [-0.05, 0) is 46.1 Å². The number of hydrogen-bond donors (Lipinski definition) is 1. The molecule has 2 heterocycles. The smallest absolute Gasteiger partial charge is 0.235 e. The summed E-state index contributed by atoms with van der Waals surface area (Å²) in [5.41, 5.74) is 1.21. The van der Waals surface area contributed by atoms with Crippen LogP contribution in [0.15, 0.2) is 40.9 Å². The molecule has 126 valence electrons. The Morgan fingerprint density at radius 3 is 2.92 bits per heavy atom. The molecule has 0 radical (unpaired) electrons. The van der Waals surface area contributed by atoms with Gasteiger partial charge in [0.15, 0.2) is 0 Å². The fraction of sp³-hybridized carbons (Fsp3) is 0.133. The second-order valence-corrected chi connectivity index (χ2v) is 6.54. The van der Waals surface area contributed by atoms with Gasteiger partial charge >= 0.3 is 0 Å². The molecule has 3 aromatic rings. The summed E-state index contributed by atoms with van der Waals surface area (Å²) < 4.78 is 6.67. The Hall–Kier alpha value is -2.90. The molecule has 8 nitrogen and oxygen atoms in total. The average molecular weight is 372 g/mol. The first-order valence-electron chi connectivity index (χ1n) is 7.04. The average Bonchev–Trinajstić information content (AvgIpc) is 3.29. The van der Waals surface area contributed by atoms with Crippen molar-refractivity contribution in [2.24, 2.45) is 0 Å². The lowest BCUT2D eigenvalue weighted by Gasteiger charge is -2.06. The fourth-order valence-electron chi connectivity index (χ4n) is 1.94. The van der Waals surface area contributed by atoms with Gasteiger partial charge in [-0.15, -0.1) is 16.4 Å². The first-order chi connectivity index (χ1) is 12.2. The number of thioether (sulfide) groups is 1. The van der Waals surface area contributed by atoms with Crippen LogP contribution in [0.25, 0.3) is 5.69 Å². The van der Waals surface area contributed by atoms with E-state index >= 15 is 0 Å². The summed E-state index contributed by atoms with van der Waals surface area (Å²) in [6.45, 7) is 0. The summed E-state index contributed by atoms with van der Waals surface area (Å²) >= 11 is 2.52. The zero-order valence-electron chi connectivity index (χ0n) is 13.0. The van der Waals surface area contributed by atoms with E-state index in [0.717, 1.165) is 11.4 Å². The highest BCUT2D eigenvalue weighted by molar-refractivity contribution is 7.99. The molecule has 0 fully saturated rings. The van der Waals surface area contributed by atoms with E-state index in [4.69, 9.17) is 10.00 Å². The van der Waals surface area contributed by atoms with Gasteiger partial charge in [0.25, 0.3) is 0 Å². The Bertz CT molecular complexity index is 913. The highest BCUT2D eigenvalue weighted by Crippen LogP contribution is 2.24. The van der Waals surface area contributed by atoms with Crippen molar-refractivity contribution in [3.8, 4) is 17.5 Å². The number of thiophene rings is 1. The number of methoxy groups -OCH3 is 1. The standard InChI is InChI=1S/C15H12N6O2S2/c1-23-12-4-2-11(3-5-12)21-15(18-19-20-21)25-9-13(22)17-14-10(8-16)6-7-24-14/h2-7H,9H2,1H3,(H,17,22). The molecule has 0 atom stereocenters. The number of carbonyl (C=O) groups excluding carboxylic acids is 1. The summed E-state index contributed by atoms with van der Waals surface area (Å²) in [7, 11) is 1.59. The first-order valence-corrected chi connectivity index (χ1v) is 8.91. The fourth-order valence-corrected chi connectivity index (χ4v) is 3.39. The van der Waals surface area contributed by atoms with Crippen molar-refractivity contribution in [1.29, 1.82) is 5.26 Å². The number of aromatic nitrogens is 4. The molecule has 0 saturated carbocycles. The maximum absolute atomic E-state index is 12.1. The summed E-state index contributed by atoms with van der Waals surface area (Å²) in [5, 5.41) is 26.0. The minimum atomic E-state index is -0.228. The maximum Gasteiger partial charge on any atom is 0.235 e. The van der Waals surface area contributed by atoms with E-state index in [1.54, 1.807) is 35.4 Å². The van der Waals surface area contributed by atoms with Crippen LogP contribution in [-0.2, 0) is 4.79 Å². The van der Waals surface area contributed by atoms with Crippen molar-refractivity contribution in [3.63, 3.8) is 0 Å². The molecular formula is C15H12N6O2S2. The van der Waals surface area contributed by atoms with Gasteiger partial charge in [-0.1, -0.05) is 11.8 Å². The number of nitrogens with one attached hydrogen (secondary N) is 1. The van der Waals surface area contributed by atoms with Crippen molar-refractivity contribution in [3.05, 3.63) is 41.3 Å². The van der Waals surface area contributed by atoms with Gasteiger partial charge in [0.1, 0.15) is 16.8 Å². The number of hydrogen-bond acceptors (Lipinski definition) is 8. The minimum absolute atomic E-state index is 0.124. The van der Waals surface area contributed by atoms with E-state index in [0.29, 0.717) is 15.7 Å². The van der Waals surface area contributed by atoms with E-state index in [9.17, 15) is 4.79 Å². The molecule has 0 aliphatic heterocycles. The van der Waals surface area contributed by atoms with Crippen LogP contribution in [0.4, 0.5) is 5.00 Å². The van der Waals surface area contributed by atoms with Crippen LogP contribution in [0.5, 0.6) is 5.75 Å². The number of benzene rings is 1. The Morgan fingerprint density at radius 2 is 2.20 bits per heavy atom. The molecule has 0 aliphatic rings. The Balaban J connectivity index is 1.65. The van der Waals surface area contributed by atoms with E-state index in [1.165, 1.54) is 23.1 Å². The van der Waals surface area contributed by atoms with Crippen LogP contribution < -0.4 is 10.1 Å². The number of anilines is 1. The zero-order valence-corrected chi connectivity index (χ0v) is 14.7. The van der Waals surface area contributed by atoms with Crippen molar-refractivity contribution in [1.82, 2.24) is 20.2 Å². The lowest BCUT2D eigenvalue weighted by molar-refractivity contribution is -0.113. The molecule has 0 unspecified atom stereocenters. The third-order valence-electron chi connectivity index (χ3n) is 3.13. The van der Waals surface area contributed by atoms with E-state index in [-0.39, 0.29) is 11.7 Å². The Morgan fingerprint density at radius 1 is 1.40 bits per heavy atom. The Labute approximate surface area is 151 Å². The molecule has 25 heavy (non-hydrogen) atoms. The zero-order chi connectivity index (χ0) is 17.6. The van der Waals surface area contributed by atoms with Gasteiger partial charge in [-0.25, -0.2) is 0 Å². The van der Waals surface area contributed by atoms with Gasteiger partial charge in [0, 0.05) is 0 Å². The topological polar surface area (TPSA) is 106 Å². The third kappa shape index (κ3) is 3.96. The number of nitrogens with zero attached hydrogens (tertiary/aromatic N) is 5. The first kappa shape index (κ1) is 16.9. The molecule has 10 heteroatoms. The molecule has 2 aromatic heterocycles. The summed E-state index contributed by atoms with van der Waals surface area (Å²) in [5.74, 6) is 0.627. The number of rotatable bonds is 6. The van der Waals surface area contributed by atoms with Crippen LogP contribution in [0.3, 0.4) is 0 Å². The molecule has 1 N–H and O–H groups in total. The largest absolute Gasteiger partial charge is 0.497 e. The van der Waals surface area contributed by atoms with Gasteiger partial charge < -0.3 is 10.1 Å². The SMILES string of the molecule is COc1ccc(-n2nnnc2SCC(=O)Nc2sccc2C#N)cc1. The van der Waals surface area contributed by atoms with Crippen LogP contribution in [0.2, 0.25) is 0 Å². The highest BCUT2D eigenvalue weighted by atomic mass is 32.2. The number of nitriles is 1. The number of amides is 1. The lowest BCUT2D eigenvalue weighted by Crippen LogP contribution is -2.14. The molecule has 0 aliphatic carbocycles. The van der Waals surface area contributed by atoms with Crippen molar-refractivity contribution >= 4 is 34.0 Å². The number of carbonyl (C=O) groups is 1. The third-order valence-corrected chi connectivity index (χ3v) is 4.88. The maximum atomic E-state index is 12.1. The molecule has 0 spiro atoms. The van der Waals surface area contributed by atoms with E-state index in [2.05, 4.69) is 20.8 Å². The molecular weight excluding hydrogens is 360 g/mol. The number of ether oxygens (including phenoxy) is 1. The Kier molecular flexibility index (Phi) is 5.27. The molecule has 3 rings (SSSR count). The summed E-state index contributed by atoms with van der Waals surface area (Å²) in [4.78, 5) is 12.1. The molecule has 0 bridgehead atoms. The number of tetrazole rings is 1. The normalized spacial score (nSPS) is 10.2. The predicted molar refractivity (Wildman–Crippen MR) is 94.1 cm³/mol. The van der Waals surface area contributed by atoms with Gasteiger partial charge in [-0.2, -0.15) is 9.94 Å². The van der Waals surface area contributed by atoms with Crippen molar-refractivity contribution in [2.75, 3.05) is 18.2 Å². The van der Waals surface area contributed by atoms with Crippen molar-refractivity contribution < 1.29 is 9.53 Å². The molecule has 1 amide bonds. The second kappa shape index (κ2) is 7.78.